The van der Waals surface area contributed by atoms with Gasteiger partial charge in [-0.25, -0.2) is 9.79 Å². The summed E-state index contributed by atoms with van der Waals surface area (Å²) in [4.78, 5) is 32.5. The highest BCUT2D eigenvalue weighted by molar-refractivity contribution is 9.10. The van der Waals surface area contributed by atoms with E-state index in [2.05, 4.69) is 27.0 Å². The van der Waals surface area contributed by atoms with Gasteiger partial charge in [-0.15, -0.1) is 0 Å². The summed E-state index contributed by atoms with van der Waals surface area (Å²) in [6.45, 7) is 6.19. The summed E-state index contributed by atoms with van der Waals surface area (Å²) in [5.41, 5.74) is 2.96. The van der Waals surface area contributed by atoms with E-state index >= 15 is 0 Å². The topological polar surface area (TPSA) is 112 Å². The molecule has 0 spiro atoms. The smallest absolute Gasteiger partial charge is 0.338 e. The molecule has 0 saturated carbocycles. The van der Waals surface area contributed by atoms with Gasteiger partial charge in [0.2, 0.25) is 0 Å². The van der Waals surface area contributed by atoms with Gasteiger partial charge in [-0.2, -0.15) is 5.26 Å². The Balaban J connectivity index is 1.65. The summed E-state index contributed by atoms with van der Waals surface area (Å²) in [5, 5.41) is 9.53. The quantitative estimate of drug-likeness (QED) is 0.205. The third-order valence-electron chi connectivity index (χ3n) is 7.09. The molecule has 3 aromatic carbocycles. The minimum Gasteiger partial charge on any atom is -0.494 e. The number of nitriles is 1. The number of methoxy groups -OCH3 is 1. The Labute approximate surface area is 272 Å². The maximum absolute atomic E-state index is 14.2. The Morgan fingerprint density at radius 3 is 2.56 bits per heavy atom. The lowest BCUT2D eigenvalue weighted by atomic mass is 9.96. The number of nitrogens with zero attached hydrogens (tertiary/aromatic N) is 3. The van der Waals surface area contributed by atoms with Crippen molar-refractivity contribution >= 4 is 39.3 Å². The third kappa shape index (κ3) is 6.57. The molecule has 9 nitrogen and oxygen atoms in total. The molecule has 11 heteroatoms. The Morgan fingerprint density at radius 1 is 1.11 bits per heavy atom. The Bertz CT molecular complexity index is 2010. The largest absolute Gasteiger partial charge is 0.494 e. The first kappa shape index (κ1) is 31.8. The van der Waals surface area contributed by atoms with E-state index in [1.165, 1.54) is 23.0 Å². The Morgan fingerprint density at radius 2 is 1.87 bits per heavy atom. The number of hydrogen-bond donors (Lipinski definition) is 0. The van der Waals surface area contributed by atoms with Gasteiger partial charge in [0.25, 0.3) is 5.56 Å². The lowest BCUT2D eigenvalue weighted by Gasteiger charge is -2.24. The number of carbonyl (C=O) groups excluding carboxylic acids is 1. The van der Waals surface area contributed by atoms with E-state index in [4.69, 9.17) is 18.9 Å². The molecule has 1 aliphatic rings. The number of aromatic nitrogens is 1. The van der Waals surface area contributed by atoms with Gasteiger partial charge in [0.15, 0.2) is 16.3 Å². The molecule has 4 aromatic rings. The van der Waals surface area contributed by atoms with E-state index in [0.29, 0.717) is 66.7 Å². The molecule has 0 unspecified atom stereocenters. The van der Waals surface area contributed by atoms with Gasteiger partial charge in [-0.3, -0.25) is 9.36 Å². The number of benzene rings is 3. The second-order valence-electron chi connectivity index (χ2n) is 9.89. The van der Waals surface area contributed by atoms with Crippen LogP contribution in [0.15, 0.2) is 86.2 Å². The summed E-state index contributed by atoms with van der Waals surface area (Å²) in [6, 6.07) is 19.5. The predicted octanol–water partition coefficient (Wildman–Crippen LogP) is 5.42. The van der Waals surface area contributed by atoms with Gasteiger partial charge in [-0.05, 0) is 62.7 Å². The predicted molar refractivity (Wildman–Crippen MR) is 174 cm³/mol. The molecule has 1 aliphatic heterocycles. The first-order valence-corrected chi connectivity index (χ1v) is 15.8. The molecule has 0 saturated heterocycles. The van der Waals surface area contributed by atoms with Crippen molar-refractivity contribution < 1.29 is 23.7 Å². The van der Waals surface area contributed by atoms with Crippen molar-refractivity contribution in [1.29, 1.82) is 5.26 Å². The van der Waals surface area contributed by atoms with E-state index in [9.17, 15) is 14.9 Å². The lowest BCUT2D eigenvalue weighted by molar-refractivity contribution is -0.139. The number of rotatable bonds is 10. The molecule has 1 aromatic heterocycles. The Kier molecular flexibility index (Phi) is 9.86. The summed E-state index contributed by atoms with van der Waals surface area (Å²) >= 11 is 4.74. The number of esters is 1. The van der Waals surface area contributed by atoms with Crippen molar-refractivity contribution in [3.05, 3.63) is 118 Å². The first-order chi connectivity index (χ1) is 21.8. The van der Waals surface area contributed by atoms with Crippen LogP contribution in [0.25, 0.3) is 6.08 Å². The van der Waals surface area contributed by atoms with Gasteiger partial charge < -0.3 is 18.9 Å². The Hall–Kier alpha value is -4.66. The molecule has 5 rings (SSSR count). The van der Waals surface area contributed by atoms with Gasteiger partial charge in [-0.1, -0.05) is 57.6 Å². The first-order valence-electron chi connectivity index (χ1n) is 14.2. The maximum atomic E-state index is 14.2. The average molecular weight is 689 g/mol. The summed E-state index contributed by atoms with van der Waals surface area (Å²) in [5.74, 6) is 1.01. The molecule has 0 aliphatic carbocycles. The highest BCUT2D eigenvalue weighted by Gasteiger charge is 2.33. The normalized spacial score (nSPS) is 14.3. The molecule has 0 radical (unpaired) electrons. The van der Waals surface area contributed by atoms with E-state index in [0.717, 1.165) is 4.47 Å². The van der Waals surface area contributed by atoms with Crippen LogP contribution in [0.3, 0.4) is 0 Å². The number of hydrogen-bond acceptors (Lipinski definition) is 9. The zero-order valence-corrected chi connectivity index (χ0v) is 27.5. The van der Waals surface area contributed by atoms with Gasteiger partial charge in [0.1, 0.15) is 12.4 Å². The van der Waals surface area contributed by atoms with Crippen LogP contribution in [0.4, 0.5) is 0 Å². The molecule has 0 fully saturated rings. The fourth-order valence-corrected chi connectivity index (χ4v) is 6.56. The van der Waals surface area contributed by atoms with Crippen molar-refractivity contribution in [1.82, 2.24) is 4.57 Å². The van der Waals surface area contributed by atoms with Crippen molar-refractivity contribution in [2.75, 3.05) is 20.3 Å². The molecule has 2 heterocycles. The number of thiazole rings is 1. The van der Waals surface area contributed by atoms with E-state index in [-0.39, 0.29) is 18.8 Å². The molecular weight excluding hydrogens is 658 g/mol. The van der Waals surface area contributed by atoms with Crippen LogP contribution in [-0.2, 0) is 16.1 Å². The van der Waals surface area contributed by atoms with E-state index in [1.54, 1.807) is 38.1 Å². The lowest BCUT2D eigenvalue weighted by Crippen LogP contribution is -2.39. The minimum atomic E-state index is -0.756. The molecule has 0 amide bonds. The van der Waals surface area contributed by atoms with Crippen LogP contribution >= 0.6 is 27.3 Å². The molecule has 45 heavy (non-hydrogen) atoms. The standard InChI is InChI=1S/C34H30BrN3O6S/c1-5-42-26-13-11-21(12-14-26)30-29(33(40)43-6-2)20(3)37-34-38(30)32(39)28(45-34)16-24-15-25(35)17-27(41-4)31(24)44-19-23-10-8-7-9-22(23)18-36/h7-17,30H,5-6,19H2,1-4H3/b28-16-/t30-/m1/s1. The third-order valence-corrected chi connectivity index (χ3v) is 8.53. The van der Waals surface area contributed by atoms with Crippen LogP contribution in [0, 0.1) is 11.3 Å². The summed E-state index contributed by atoms with van der Waals surface area (Å²) < 4.78 is 25.5. The van der Waals surface area contributed by atoms with Crippen LogP contribution in [0.1, 0.15) is 49.1 Å². The van der Waals surface area contributed by atoms with Crippen LogP contribution in [-0.4, -0.2) is 30.9 Å². The van der Waals surface area contributed by atoms with E-state index in [1.807, 2.05) is 49.4 Å². The summed E-state index contributed by atoms with van der Waals surface area (Å²) in [6.07, 6.45) is 1.72. The van der Waals surface area contributed by atoms with Crippen molar-refractivity contribution in [2.24, 2.45) is 4.99 Å². The van der Waals surface area contributed by atoms with Crippen LogP contribution in [0.2, 0.25) is 0 Å². The number of halogens is 1. The molecule has 0 bridgehead atoms. The number of allylic oxidation sites excluding steroid dienone is 1. The second kappa shape index (κ2) is 14.0. The van der Waals surface area contributed by atoms with Crippen molar-refractivity contribution in [2.45, 2.75) is 33.4 Å². The number of ether oxygens (including phenoxy) is 4. The average Bonchev–Trinajstić information content (AvgIpc) is 3.34. The second-order valence-corrected chi connectivity index (χ2v) is 11.8. The molecule has 0 N–H and O–H groups in total. The van der Waals surface area contributed by atoms with Gasteiger partial charge in [0, 0.05) is 15.6 Å². The highest BCUT2D eigenvalue weighted by Crippen LogP contribution is 2.36. The monoisotopic (exact) mass is 687 g/mol. The van der Waals surface area contributed by atoms with Crippen molar-refractivity contribution in [3.8, 4) is 23.3 Å². The maximum Gasteiger partial charge on any atom is 0.338 e. The van der Waals surface area contributed by atoms with Crippen LogP contribution in [0.5, 0.6) is 17.2 Å². The van der Waals surface area contributed by atoms with Crippen LogP contribution < -0.4 is 29.1 Å². The fourth-order valence-electron chi connectivity index (χ4n) is 5.07. The zero-order valence-electron chi connectivity index (χ0n) is 25.1. The van der Waals surface area contributed by atoms with Gasteiger partial charge in [0.05, 0.1) is 53.8 Å². The minimum absolute atomic E-state index is 0.115. The molecule has 230 valence electrons. The van der Waals surface area contributed by atoms with E-state index < -0.39 is 12.0 Å². The van der Waals surface area contributed by atoms with Crippen molar-refractivity contribution in [3.63, 3.8) is 0 Å². The molecular formula is C34H30BrN3O6S. The fraction of sp³-hybridized carbons (Fsp3) is 0.235. The number of carbonyl (C=O) groups is 1. The highest BCUT2D eigenvalue weighted by atomic mass is 79.9. The summed E-state index contributed by atoms with van der Waals surface area (Å²) in [7, 11) is 1.53. The number of fused-ring (bicyclic) bond motifs is 1. The molecule has 1 atom stereocenters. The SMILES string of the molecule is CCOC(=O)C1=C(C)N=c2s/c(=C\c3cc(Br)cc(OC)c3OCc3ccccc3C#N)c(=O)n2[C@@H]1c1ccc(OCC)cc1. The zero-order chi connectivity index (χ0) is 32.1. The van der Waals surface area contributed by atoms with Gasteiger partial charge >= 0.3 is 5.97 Å².